The van der Waals surface area contributed by atoms with Crippen LogP contribution in [-0.4, -0.2) is 38.3 Å². The van der Waals surface area contributed by atoms with Gasteiger partial charge in [0.25, 0.3) is 0 Å². The highest BCUT2D eigenvalue weighted by Gasteiger charge is 2.29. The largest absolute Gasteiger partial charge is 0.378 e. The summed E-state index contributed by atoms with van der Waals surface area (Å²) in [4.78, 5) is 11.8. The van der Waals surface area contributed by atoms with Gasteiger partial charge in [0.2, 0.25) is 5.91 Å². The molecule has 1 aliphatic heterocycles. The van der Waals surface area contributed by atoms with Crippen molar-refractivity contribution in [2.75, 3.05) is 26.3 Å². The van der Waals surface area contributed by atoms with Gasteiger partial charge in [-0.1, -0.05) is 19.8 Å². The van der Waals surface area contributed by atoms with Gasteiger partial charge in [0, 0.05) is 25.6 Å². The third-order valence-electron chi connectivity index (χ3n) is 3.95. The van der Waals surface area contributed by atoms with Crippen LogP contribution in [0.3, 0.4) is 0 Å². The minimum Gasteiger partial charge on any atom is -0.378 e. The molecule has 1 atom stereocenters. The van der Waals surface area contributed by atoms with Gasteiger partial charge >= 0.3 is 0 Å². The highest BCUT2D eigenvalue weighted by molar-refractivity contribution is 5.76. The maximum absolute atomic E-state index is 11.8. The van der Waals surface area contributed by atoms with Gasteiger partial charge in [-0.25, -0.2) is 0 Å². The van der Waals surface area contributed by atoms with E-state index in [1.807, 2.05) is 0 Å². The molecular formula is C13H24N2O2. The molecule has 1 heterocycles. The monoisotopic (exact) mass is 240 g/mol. The Balaban J connectivity index is 1.66. The van der Waals surface area contributed by atoms with Crippen LogP contribution in [0.15, 0.2) is 0 Å². The van der Waals surface area contributed by atoms with Gasteiger partial charge in [-0.15, -0.1) is 0 Å². The topological polar surface area (TPSA) is 50.4 Å². The fourth-order valence-electron chi connectivity index (χ4n) is 2.76. The molecular weight excluding hydrogens is 216 g/mol. The molecule has 1 amide bonds. The molecule has 2 N–H and O–H groups in total. The number of rotatable bonds is 4. The van der Waals surface area contributed by atoms with E-state index in [0.717, 1.165) is 19.7 Å². The van der Waals surface area contributed by atoms with E-state index < -0.39 is 0 Å². The Morgan fingerprint density at radius 3 is 2.88 bits per heavy atom. The van der Waals surface area contributed by atoms with E-state index >= 15 is 0 Å². The molecule has 1 saturated heterocycles. The molecule has 0 bridgehead atoms. The number of amides is 1. The van der Waals surface area contributed by atoms with Gasteiger partial charge in [0.05, 0.1) is 13.2 Å². The predicted octanol–water partition coefficient (Wildman–Crippen LogP) is 1.06. The summed E-state index contributed by atoms with van der Waals surface area (Å²) in [5.41, 5.74) is 0.339. The Kier molecular flexibility index (Phi) is 4.40. The standard InChI is InChI=1S/C13H24N2O2/c1-13(4-2-3-5-13)10-15-12(16)8-11-9-17-7-6-14-11/h11,14H,2-10H2,1H3,(H,15,16). The van der Waals surface area contributed by atoms with Crippen LogP contribution < -0.4 is 10.6 Å². The van der Waals surface area contributed by atoms with Gasteiger partial charge in [0.1, 0.15) is 0 Å². The van der Waals surface area contributed by atoms with E-state index in [4.69, 9.17) is 4.74 Å². The van der Waals surface area contributed by atoms with E-state index in [2.05, 4.69) is 17.6 Å². The SMILES string of the molecule is CC1(CNC(=O)CC2COCCN2)CCCC1. The Bertz CT molecular complexity index is 256. The molecule has 0 aromatic carbocycles. The second kappa shape index (κ2) is 5.83. The van der Waals surface area contributed by atoms with E-state index in [1.54, 1.807) is 0 Å². The Morgan fingerprint density at radius 1 is 1.47 bits per heavy atom. The summed E-state index contributed by atoms with van der Waals surface area (Å²) in [5.74, 6) is 0.154. The molecule has 0 aromatic rings. The van der Waals surface area contributed by atoms with Crippen molar-refractivity contribution in [1.82, 2.24) is 10.6 Å². The molecule has 2 rings (SSSR count). The third-order valence-corrected chi connectivity index (χ3v) is 3.95. The van der Waals surface area contributed by atoms with Gasteiger partial charge in [-0.2, -0.15) is 0 Å². The first kappa shape index (κ1) is 12.8. The van der Waals surface area contributed by atoms with Crippen LogP contribution in [0.2, 0.25) is 0 Å². The van der Waals surface area contributed by atoms with Crippen LogP contribution in [0.4, 0.5) is 0 Å². The summed E-state index contributed by atoms with van der Waals surface area (Å²) < 4.78 is 5.34. The lowest BCUT2D eigenvalue weighted by Crippen LogP contribution is -2.45. The second-order valence-electron chi connectivity index (χ2n) is 5.72. The number of ether oxygens (including phenoxy) is 1. The molecule has 1 unspecified atom stereocenters. The first-order valence-corrected chi connectivity index (χ1v) is 6.76. The zero-order valence-corrected chi connectivity index (χ0v) is 10.8. The number of hydrogen-bond donors (Lipinski definition) is 2. The molecule has 2 fully saturated rings. The van der Waals surface area contributed by atoms with Crippen molar-refractivity contribution in [2.24, 2.45) is 5.41 Å². The highest BCUT2D eigenvalue weighted by atomic mass is 16.5. The van der Waals surface area contributed by atoms with Crippen molar-refractivity contribution in [3.63, 3.8) is 0 Å². The lowest BCUT2D eigenvalue weighted by molar-refractivity contribution is -0.122. The molecule has 0 radical (unpaired) electrons. The lowest BCUT2D eigenvalue weighted by atomic mass is 9.89. The summed E-state index contributed by atoms with van der Waals surface area (Å²) >= 11 is 0. The summed E-state index contributed by atoms with van der Waals surface area (Å²) in [6.45, 7) is 5.39. The number of carbonyl (C=O) groups is 1. The average molecular weight is 240 g/mol. The Morgan fingerprint density at radius 2 is 2.24 bits per heavy atom. The van der Waals surface area contributed by atoms with Gasteiger partial charge in [-0.3, -0.25) is 4.79 Å². The van der Waals surface area contributed by atoms with Crippen molar-refractivity contribution >= 4 is 5.91 Å². The molecule has 4 heteroatoms. The first-order chi connectivity index (χ1) is 8.18. The molecule has 0 spiro atoms. The van der Waals surface area contributed by atoms with Gasteiger partial charge in [-0.05, 0) is 18.3 Å². The van der Waals surface area contributed by atoms with Crippen LogP contribution in [-0.2, 0) is 9.53 Å². The minimum absolute atomic E-state index is 0.154. The van der Waals surface area contributed by atoms with E-state index in [9.17, 15) is 4.79 Å². The molecule has 1 aliphatic carbocycles. The first-order valence-electron chi connectivity index (χ1n) is 6.76. The lowest BCUT2D eigenvalue weighted by Gasteiger charge is -2.26. The molecule has 1 saturated carbocycles. The minimum atomic E-state index is 0.154. The zero-order chi connectivity index (χ0) is 12.1. The van der Waals surface area contributed by atoms with Crippen molar-refractivity contribution in [3.8, 4) is 0 Å². The van der Waals surface area contributed by atoms with Crippen molar-refractivity contribution in [3.05, 3.63) is 0 Å². The van der Waals surface area contributed by atoms with Crippen LogP contribution in [0, 0.1) is 5.41 Å². The molecule has 4 nitrogen and oxygen atoms in total. The fourth-order valence-corrected chi connectivity index (χ4v) is 2.76. The quantitative estimate of drug-likeness (QED) is 0.772. The summed E-state index contributed by atoms with van der Waals surface area (Å²) in [6.07, 6.45) is 5.65. The van der Waals surface area contributed by atoms with Crippen LogP contribution in [0.25, 0.3) is 0 Å². The van der Waals surface area contributed by atoms with E-state index in [1.165, 1.54) is 25.7 Å². The van der Waals surface area contributed by atoms with Crippen molar-refractivity contribution in [2.45, 2.75) is 45.1 Å². The van der Waals surface area contributed by atoms with Crippen LogP contribution in [0.5, 0.6) is 0 Å². The van der Waals surface area contributed by atoms with Crippen LogP contribution >= 0.6 is 0 Å². The Hall–Kier alpha value is -0.610. The van der Waals surface area contributed by atoms with E-state index in [0.29, 0.717) is 18.4 Å². The number of morpholine rings is 1. The summed E-state index contributed by atoms with van der Waals surface area (Å²) in [7, 11) is 0. The van der Waals surface area contributed by atoms with Gasteiger partial charge in [0.15, 0.2) is 0 Å². The number of hydrogen-bond acceptors (Lipinski definition) is 3. The highest BCUT2D eigenvalue weighted by Crippen LogP contribution is 2.36. The van der Waals surface area contributed by atoms with E-state index in [-0.39, 0.29) is 11.9 Å². The summed E-state index contributed by atoms with van der Waals surface area (Å²) in [6, 6.07) is 0.195. The smallest absolute Gasteiger partial charge is 0.221 e. The van der Waals surface area contributed by atoms with Crippen LogP contribution in [0.1, 0.15) is 39.0 Å². The third kappa shape index (κ3) is 3.96. The predicted molar refractivity (Wildman–Crippen MR) is 66.8 cm³/mol. The summed E-state index contributed by atoms with van der Waals surface area (Å²) in [5, 5.41) is 6.38. The second-order valence-corrected chi connectivity index (χ2v) is 5.72. The molecule has 17 heavy (non-hydrogen) atoms. The normalized spacial score (nSPS) is 27.9. The van der Waals surface area contributed by atoms with Crippen molar-refractivity contribution < 1.29 is 9.53 Å². The van der Waals surface area contributed by atoms with Crippen molar-refractivity contribution in [1.29, 1.82) is 0 Å². The maximum Gasteiger partial charge on any atom is 0.221 e. The van der Waals surface area contributed by atoms with Gasteiger partial charge < -0.3 is 15.4 Å². The Labute approximate surface area is 103 Å². The number of nitrogens with one attached hydrogen (secondary N) is 2. The molecule has 2 aliphatic rings. The fraction of sp³-hybridized carbons (Fsp3) is 0.923. The zero-order valence-electron chi connectivity index (χ0n) is 10.8. The average Bonchev–Trinajstić information content (AvgIpc) is 2.76. The number of carbonyl (C=O) groups excluding carboxylic acids is 1. The maximum atomic E-state index is 11.8. The molecule has 98 valence electrons. The molecule has 0 aromatic heterocycles.